The molecule has 0 aliphatic carbocycles. The maximum Gasteiger partial charge on any atom is 0.417 e. The summed E-state index contributed by atoms with van der Waals surface area (Å²) < 4.78 is 88.8. The third-order valence-electron chi connectivity index (χ3n) is 6.35. The summed E-state index contributed by atoms with van der Waals surface area (Å²) in [5.41, 5.74) is -2.72. The van der Waals surface area contributed by atoms with Crippen molar-refractivity contribution in [2.75, 3.05) is 11.4 Å². The van der Waals surface area contributed by atoms with Crippen molar-refractivity contribution < 1.29 is 35.9 Å². The molecule has 36 heavy (non-hydrogen) atoms. The molecule has 3 heterocycles. The van der Waals surface area contributed by atoms with Gasteiger partial charge in [-0.15, -0.1) is 0 Å². The van der Waals surface area contributed by atoms with Crippen LogP contribution in [0.15, 0.2) is 10.5 Å². The van der Waals surface area contributed by atoms with Crippen LogP contribution in [0.25, 0.3) is 10.9 Å². The highest BCUT2D eigenvalue weighted by atomic mass is 79.9. The number of fused-ring (bicyclic) bond motifs is 3. The number of ether oxygens (including phenoxy) is 1. The van der Waals surface area contributed by atoms with Crippen molar-refractivity contribution in [1.82, 2.24) is 14.9 Å². The van der Waals surface area contributed by atoms with Gasteiger partial charge in [0.15, 0.2) is 5.82 Å². The van der Waals surface area contributed by atoms with Gasteiger partial charge >= 0.3 is 18.3 Å². The summed E-state index contributed by atoms with van der Waals surface area (Å²) in [5, 5.41) is -0.301. The molecule has 0 spiro atoms. The first-order valence-electron chi connectivity index (χ1n) is 11.4. The normalized spacial score (nSPS) is 22.9. The number of anilines is 1. The summed E-state index contributed by atoms with van der Waals surface area (Å²) in [4.78, 5) is 23.0. The highest BCUT2D eigenvalue weighted by Gasteiger charge is 2.51. The summed E-state index contributed by atoms with van der Waals surface area (Å²) in [6, 6.07) is -0.718. The summed E-state index contributed by atoms with van der Waals surface area (Å²) in [5.74, 6) is -1.55. The van der Waals surface area contributed by atoms with E-state index in [1.165, 1.54) is 11.8 Å². The minimum atomic E-state index is -4.89. The molecule has 0 N–H and O–H groups in total. The Morgan fingerprint density at radius 2 is 1.92 bits per heavy atom. The number of benzene rings is 1. The average molecular weight is 583 g/mol. The molecule has 2 unspecified atom stereocenters. The van der Waals surface area contributed by atoms with E-state index in [-0.39, 0.29) is 23.8 Å². The van der Waals surface area contributed by atoms with Gasteiger partial charge in [0.05, 0.1) is 28.7 Å². The van der Waals surface area contributed by atoms with Gasteiger partial charge in [-0.3, -0.25) is 0 Å². The largest absolute Gasteiger partial charge is 0.444 e. The lowest BCUT2D eigenvalue weighted by atomic mass is 9.94. The molecular formula is C23H25BrF6N4O2. The molecular weight excluding hydrogens is 558 g/mol. The highest BCUT2D eigenvalue weighted by molar-refractivity contribution is 9.10. The molecule has 4 rings (SSSR count). The number of amides is 1. The van der Waals surface area contributed by atoms with Crippen LogP contribution >= 0.6 is 15.9 Å². The quantitative estimate of drug-likeness (QED) is 0.308. The van der Waals surface area contributed by atoms with Crippen molar-refractivity contribution in [2.45, 2.75) is 83.0 Å². The Morgan fingerprint density at radius 1 is 1.25 bits per heavy atom. The lowest BCUT2D eigenvalue weighted by Crippen LogP contribution is -2.51. The van der Waals surface area contributed by atoms with Crippen molar-refractivity contribution in [3.05, 3.63) is 28.0 Å². The van der Waals surface area contributed by atoms with Gasteiger partial charge < -0.3 is 14.5 Å². The minimum absolute atomic E-state index is 0.193. The van der Waals surface area contributed by atoms with Gasteiger partial charge in [0.1, 0.15) is 23.1 Å². The first-order valence-corrected chi connectivity index (χ1v) is 12.2. The third kappa shape index (κ3) is 4.95. The molecule has 4 atom stereocenters. The Kier molecular flexibility index (Phi) is 6.85. The predicted octanol–water partition coefficient (Wildman–Crippen LogP) is 6.39. The molecule has 2 fully saturated rings. The third-order valence-corrected chi connectivity index (χ3v) is 7.13. The molecule has 2 bridgehead atoms. The van der Waals surface area contributed by atoms with Crippen LogP contribution in [0, 0.1) is 11.9 Å². The molecule has 1 aromatic heterocycles. The number of carbonyl (C=O) groups excluding carboxylic acids is 1. The number of nitrogens with zero attached hydrogens (tertiary/aromatic N) is 4. The van der Waals surface area contributed by atoms with E-state index in [2.05, 4.69) is 25.9 Å². The molecule has 2 saturated heterocycles. The van der Waals surface area contributed by atoms with Crippen molar-refractivity contribution in [1.29, 1.82) is 0 Å². The fraction of sp³-hybridized carbons (Fsp3) is 0.609. The van der Waals surface area contributed by atoms with E-state index in [9.17, 15) is 31.1 Å². The van der Waals surface area contributed by atoms with Gasteiger partial charge in [0.25, 0.3) is 0 Å². The molecule has 2 aliphatic heterocycles. The van der Waals surface area contributed by atoms with Crippen molar-refractivity contribution in [3.63, 3.8) is 0 Å². The molecule has 0 radical (unpaired) electrons. The molecule has 1 amide bonds. The Balaban J connectivity index is 1.80. The topological polar surface area (TPSA) is 58.6 Å². The van der Waals surface area contributed by atoms with Crippen molar-refractivity contribution in [3.8, 4) is 0 Å². The van der Waals surface area contributed by atoms with Gasteiger partial charge in [0, 0.05) is 11.4 Å². The zero-order valence-electron chi connectivity index (χ0n) is 20.0. The van der Waals surface area contributed by atoms with Crippen LogP contribution in [0.3, 0.4) is 0 Å². The van der Waals surface area contributed by atoms with Gasteiger partial charge in [0.2, 0.25) is 0 Å². The SMILES string of the molecule is CC(F)CN(C(=O)OC(C)(C)C)C1C[C@H]2CC[C@@H]1N2c1nc(F)nc2c(F)c(Br)c(C(F)(F)F)cc12. The molecule has 2 aliphatic rings. The van der Waals surface area contributed by atoms with Crippen LogP contribution in [0.1, 0.15) is 52.5 Å². The van der Waals surface area contributed by atoms with Gasteiger partial charge in [-0.05, 0) is 69.0 Å². The van der Waals surface area contributed by atoms with E-state index in [1.807, 2.05) is 0 Å². The Morgan fingerprint density at radius 3 is 2.50 bits per heavy atom. The lowest BCUT2D eigenvalue weighted by molar-refractivity contribution is -0.138. The first-order chi connectivity index (χ1) is 16.6. The van der Waals surface area contributed by atoms with E-state index in [0.717, 1.165) is 0 Å². The van der Waals surface area contributed by atoms with Gasteiger partial charge in [-0.2, -0.15) is 27.5 Å². The summed E-state index contributed by atoms with van der Waals surface area (Å²) in [7, 11) is 0. The number of halogens is 7. The van der Waals surface area contributed by atoms with Crippen LogP contribution < -0.4 is 4.90 Å². The summed E-state index contributed by atoms with van der Waals surface area (Å²) in [6.45, 7) is 6.07. The zero-order valence-corrected chi connectivity index (χ0v) is 21.6. The van der Waals surface area contributed by atoms with Crippen LogP contribution in [0.5, 0.6) is 0 Å². The van der Waals surface area contributed by atoms with Gasteiger partial charge in [-0.25, -0.2) is 13.6 Å². The molecule has 198 valence electrons. The standard InChI is InChI=1S/C23H25BrF6N4O2/c1-10(25)9-33(21(35)36-22(2,3)4)15-7-11-5-6-14(15)34(11)19-12-8-13(23(28,29)30)16(24)17(26)18(12)31-20(27)32-19/h8,10-11,14-15H,5-7,9H2,1-4H3/t10?,11-,14+,15?/m1/s1. The Bertz CT molecular complexity index is 1190. The molecule has 6 nitrogen and oxygen atoms in total. The smallest absolute Gasteiger partial charge is 0.417 e. The van der Waals surface area contributed by atoms with Crippen LogP contribution in [-0.2, 0) is 10.9 Å². The second-order valence-electron chi connectivity index (χ2n) is 10.2. The maximum absolute atomic E-state index is 14.9. The zero-order chi connectivity index (χ0) is 26.7. The molecule has 2 aromatic rings. The highest BCUT2D eigenvalue weighted by Crippen LogP contribution is 2.47. The number of alkyl halides is 4. The molecule has 0 saturated carbocycles. The predicted molar refractivity (Wildman–Crippen MR) is 123 cm³/mol. The van der Waals surface area contributed by atoms with E-state index in [4.69, 9.17) is 4.74 Å². The maximum atomic E-state index is 14.9. The van der Waals surface area contributed by atoms with Crippen molar-refractivity contribution >= 4 is 38.7 Å². The number of aromatic nitrogens is 2. The molecule has 13 heteroatoms. The number of carbonyl (C=O) groups is 1. The minimum Gasteiger partial charge on any atom is -0.444 e. The van der Waals surface area contributed by atoms with E-state index >= 15 is 0 Å². The number of rotatable bonds is 4. The Labute approximate surface area is 212 Å². The summed E-state index contributed by atoms with van der Waals surface area (Å²) >= 11 is 2.61. The van der Waals surface area contributed by atoms with E-state index < -0.39 is 63.6 Å². The van der Waals surface area contributed by atoms with E-state index in [1.54, 1.807) is 25.7 Å². The van der Waals surface area contributed by atoms with Crippen LogP contribution in [0.2, 0.25) is 0 Å². The Hall–Kier alpha value is -2.31. The van der Waals surface area contributed by atoms with Crippen molar-refractivity contribution in [2.24, 2.45) is 0 Å². The number of hydrogen-bond acceptors (Lipinski definition) is 5. The fourth-order valence-corrected chi connectivity index (χ4v) is 5.65. The second-order valence-corrected chi connectivity index (χ2v) is 11.0. The fourth-order valence-electron chi connectivity index (χ4n) is 5.12. The average Bonchev–Trinajstić information content (AvgIpc) is 3.30. The van der Waals surface area contributed by atoms with Crippen LogP contribution in [0.4, 0.5) is 37.0 Å². The monoisotopic (exact) mass is 582 g/mol. The summed E-state index contributed by atoms with van der Waals surface area (Å²) in [6.07, 6.45) is -6.86. The van der Waals surface area contributed by atoms with Crippen LogP contribution in [-0.4, -0.2) is 57.4 Å². The molecule has 1 aromatic carbocycles. The van der Waals surface area contributed by atoms with Gasteiger partial charge in [-0.1, -0.05) is 0 Å². The first kappa shape index (κ1) is 26.7. The van der Waals surface area contributed by atoms with E-state index in [0.29, 0.717) is 25.3 Å². The second kappa shape index (κ2) is 9.21. The lowest BCUT2D eigenvalue weighted by Gasteiger charge is -2.36. The number of hydrogen-bond donors (Lipinski definition) is 0.